The van der Waals surface area contributed by atoms with Crippen molar-refractivity contribution in [3.8, 4) is 0 Å². The van der Waals surface area contributed by atoms with Crippen LogP contribution in [0, 0.1) is 34.5 Å². The lowest BCUT2D eigenvalue weighted by molar-refractivity contribution is -0.141. The first-order chi connectivity index (χ1) is 13.8. The van der Waals surface area contributed by atoms with Gasteiger partial charge in [0.15, 0.2) is 0 Å². The number of carbonyl (C=O) groups is 2. The second kappa shape index (κ2) is 7.68. The topological polar surface area (TPSA) is 93.8 Å². The van der Waals surface area contributed by atoms with Crippen LogP contribution >= 0.6 is 0 Å². The summed E-state index contributed by atoms with van der Waals surface area (Å²) in [5.41, 5.74) is 6.66. The second-order valence-electron chi connectivity index (χ2n) is 10.4. The van der Waals surface area contributed by atoms with Gasteiger partial charge in [-0.05, 0) is 74.0 Å². The van der Waals surface area contributed by atoms with Crippen molar-refractivity contribution < 1.29 is 14.4 Å². The maximum atomic E-state index is 12.7. The number of hydrogen-bond acceptors (Lipinski definition) is 5. The Morgan fingerprint density at radius 2 is 2.00 bits per heavy atom. The molecule has 1 amide bonds. The Labute approximate surface area is 174 Å². The predicted octanol–water partition coefficient (Wildman–Crippen LogP) is 3.04. The van der Waals surface area contributed by atoms with Crippen molar-refractivity contribution in [2.45, 2.75) is 78.2 Å². The molecule has 0 radical (unpaired) electrons. The number of carbonyl (C=O) groups excluding carboxylic acids is 2. The molecule has 6 heteroatoms. The summed E-state index contributed by atoms with van der Waals surface area (Å²) in [6, 6.07) is 0.150. The van der Waals surface area contributed by atoms with Gasteiger partial charge in [-0.1, -0.05) is 19.0 Å². The van der Waals surface area contributed by atoms with Gasteiger partial charge in [-0.3, -0.25) is 9.59 Å². The van der Waals surface area contributed by atoms with E-state index in [1.807, 2.05) is 0 Å². The number of amides is 1. The lowest BCUT2D eigenvalue weighted by Gasteiger charge is -2.61. The summed E-state index contributed by atoms with van der Waals surface area (Å²) in [6.45, 7) is 7.19. The quantitative estimate of drug-likeness (QED) is 0.557. The molecule has 4 saturated carbocycles. The molecule has 0 aromatic heterocycles. The van der Waals surface area contributed by atoms with E-state index in [0.29, 0.717) is 42.6 Å². The highest BCUT2D eigenvalue weighted by Gasteiger charge is 2.62. The largest absolute Gasteiger partial charge is 0.395 e. The Morgan fingerprint density at radius 3 is 2.72 bits per heavy atom. The first kappa shape index (κ1) is 20.8. The third-order valence-corrected chi connectivity index (χ3v) is 9.05. The summed E-state index contributed by atoms with van der Waals surface area (Å²) in [6.07, 6.45) is 7.86. The molecule has 29 heavy (non-hydrogen) atoms. The van der Waals surface area contributed by atoms with Crippen molar-refractivity contribution in [2.24, 2.45) is 45.4 Å². The number of nitrogens with zero attached hydrogens (tertiary/aromatic N) is 1. The Kier molecular flexibility index (Phi) is 5.51. The van der Waals surface area contributed by atoms with E-state index in [4.69, 9.17) is 10.6 Å². The summed E-state index contributed by atoms with van der Waals surface area (Å²) >= 11 is 0. The predicted molar refractivity (Wildman–Crippen MR) is 112 cm³/mol. The molecule has 0 spiro atoms. The SMILES string of the molecule is CC(=O)N[C@H]1C[C@@H]2[C@H](CC[C@]3(C)C(=O)CC[C@@H]23)[C@@]2(C)CC/C(=N\OCCN)C[C@H]12. The van der Waals surface area contributed by atoms with E-state index in [1.165, 1.54) is 0 Å². The molecule has 4 rings (SSSR count). The van der Waals surface area contributed by atoms with E-state index in [9.17, 15) is 9.59 Å². The Morgan fingerprint density at radius 1 is 1.21 bits per heavy atom. The lowest BCUT2D eigenvalue weighted by atomic mass is 9.44. The number of ketones is 1. The third kappa shape index (κ3) is 3.41. The van der Waals surface area contributed by atoms with E-state index < -0.39 is 0 Å². The minimum atomic E-state index is -0.136. The Bertz CT molecular complexity index is 707. The Hall–Kier alpha value is -1.43. The van der Waals surface area contributed by atoms with E-state index in [1.54, 1.807) is 6.92 Å². The van der Waals surface area contributed by atoms with Crippen LogP contribution in [-0.4, -0.2) is 36.6 Å². The van der Waals surface area contributed by atoms with Gasteiger partial charge in [0.1, 0.15) is 12.4 Å². The van der Waals surface area contributed by atoms with Gasteiger partial charge in [-0.15, -0.1) is 0 Å². The monoisotopic (exact) mass is 403 g/mol. The maximum absolute atomic E-state index is 12.7. The smallest absolute Gasteiger partial charge is 0.217 e. The van der Waals surface area contributed by atoms with Crippen molar-refractivity contribution in [2.75, 3.05) is 13.2 Å². The molecule has 0 aromatic rings. The number of nitrogens with one attached hydrogen (secondary N) is 1. The fourth-order valence-electron chi connectivity index (χ4n) is 7.61. The van der Waals surface area contributed by atoms with Crippen molar-refractivity contribution in [1.29, 1.82) is 0 Å². The number of fused-ring (bicyclic) bond motifs is 5. The van der Waals surface area contributed by atoms with Crippen LogP contribution in [0.5, 0.6) is 0 Å². The first-order valence-corrected chi connectivity index (χ1v) is 11.5. The summed E-state index contributed by atoms with van der Waals surface area (Å²) in [5.74, 6) is 2.53. The number of nitrogens with two attached hydrogens (primary N) is 1. The maximum Gasteiger partial charge on any atom is 0.217 e. The highest BCUT2D eigenvalue weighted by atomic mass is 16.6. The standard InChI is InChI=1S/C23H37N3O3/c1-14(27)25-20-13-16-17-4-5-21(28)23(17,3)9-7-18(16)22(2)8-6-15(12-19(20)22)26-29-11-10-24/h16-20H,4-13,24H2,1-3H3,(H,25,27)/b26-15+/t16-,17-,18-,19+,20-,22+,23-/m0/s1. The minimum absolute atomic E-state index is 0.0420. The lowest BCUT2D eigenvalue weighted by Crippen LogP contribution is -2.61. The molecule has 4 fully saturated rings. The van der Waals surface area contributed by atoms with Crippen LogP contribution < -0.4 is 11.1 Å². The molecule has 3 N–H and O–H groups in total. The minimum Gasteiger partial charge on any atom is -0.395 e. The van der Waals surface area contributed by atoms with Gasteiger partial charge in [0.25, 0.3) is 0 Å². The van der Waals surface area contributed by atoms with Gasteiger partial charge in [0.2, 0.25) is 5.91 Å². The zero-order valence-electron chi connectivity index (χ0n) is 18.2. The molecular formula is C23H37N3O3. The van der Waals surface area contributed by atoms with Crippen molar-refractivity contribution in [3.05, 3.63) is 0 Å². The van der Waals surface area contributed by atoms with E-state index in [-0.39, 0.29) is 22.8 Å². The average molecular weight is 404 g/mol. The van der Waals surface area contributed by atoms with Gasteiger partial charge in [-0.2, -0.15) is 0 Å². The number of hydrogen-bond donors (Lipinski definition) is 2. The third-order valence-electron chi connectivity index (χ3n) is 9.05. The van der Waals surface area contributed by atoms with E-state index in [2.05, 4.69) is 24.3 Å². The summed E-state index contributed by atoms with van der Waals surface area (Å²) in [7, 11) is 0. The molecule has 0 saturated heterocycles. The molecule has 0 aromatic carbocycles. The zero-order valence-corrected chi connectivity index (χ0v) is 18.2. The molecule has 4 aliphatic rings. The first-order valence-electron chi connectivity index (χ1n) is 11.5. The van der Waals surface area contributed by atoms with Crippen LogP contribution in [0.4, 0.5) is 0 Å². The molecular weight excluding hydrogens is 366 g/mol. The zero-order chi connectivity index (χ0) is 20.8. The normalized spacial score (nSPS) is 45.3. The highest BCUT2D eigenvalue weighted by Crippen LogP contribution is 2.65. The van der Waals surface area contributed by atoms with Crippen molar-refractivity contribution >= 4 is 17.4 Å². The van der Waals surface area contributed by atoms with Gasteiger partial charge < -0.3 is 15.9 Å². The van der Waals surface area contributed by atoms with Crippen LogP contribution in [0.1, 0.15) is 72.1 Å². The second-order valence-corrected chi connectivity index (χ2v) is 10.4. The molecule has 0 bridgehead atoms. The number of oxime groups is 1. The van der Waals surface area contributed by atoms with Gasteiger partial charge in [0, 0.05) is 31.3 Å². The molecule has 6 nitrogen and oxygen atoms in total. The molecule has 4 aliphatic carbocycles. The summed E-state index contributed by atoms with van der Waals surface area (Å²) in [4.78, 5) is 30.1. The molecule has 0 aliphatic heterocycles. The number of Topliss-reactive ketones (excluding diaryl/α,β-unsaturated/α-hetero) is 1. The highest BCUT2D eigenvalue weighted by molar-refractivity contribution is 5.87. The van der Waals surface area contributed by atoms with Gasteiger partial charge in [0.05, 0.1) is 5.71 Å². The van der Waals surface area contributed by atoms with Crippen LogP contribution in [0.2, 0.25) is 0 Å². The van der Waals surface area contributed by atoms with Gasteiger partial charge in [-0.25, -0.2) is 0 Å². The molecule has 162 valence electrons. The van der Waals surface area contributed by atoms with Crippen LogP contribution in [0.15, 0.2) is 5.16 Å². The number of rotatable bonds is 4. The average Bonchev–Trinajstić information content (AvgIpc) is 2.97. The molecule has 0 heterocycles. The summed E-state index contributed by atoms with van der Waals surface area (Å²) < 4.78 is 0. The molecule has 7 atom stereocenters. The Balaban J connectivity index is 1.63. The van der Waals surface area contributed by atoms with Crippen molar-refractivity contribution in [3.63, 3.8) is 0 Å². The van der Waals surface area contributed by atoms with Crippen LogP contribution in [0.3, 0.4) is 0 Å². The summed E-state index contributed by atoms with van der Waals surface area (Å²) in [5, 5.41) is 7.66. The molecule has 0 unspecified atom stereocenters. The fourth-order valence-corrected chi connectivity index (χ4v) is 7.61. The van der Waals surface area contributed by atoms with Crippen LogP contribution in [0.25, 0.3) is 0 Å². The van der Waals surface area contributed by atoms with Crippen LogP contribution in [-0.2, 0) is 14.4 Å². The van der Waals surface area contributed by atoms with E-state index in [0.717, 1.165) is 57.1 Å². The van der Waals surface area contributed by atoms with Crippen molar-refractivity contribution in [1.82, 2.24) is 5.32 Å². The van der Waals surface area contributed by atoms with E-state index >= 15 is 0 Å². The van der Waals surface area contributed by atoms with Gasteiger partial charge >= 0.3 is 0 Å². The fraction of sp³-hybridized carbons (Fsp3) is 0.870.